The summed E-state index contributed by atoms with van der Waals surface area (Å²) in [5.41, 5.74) is 2.61. The molecule has 3 aromatic rings. The molecule has 0 saturated carbocycles. The SMILES string of the molecule is Cc1nc2ccccn2c1C(O)=C1C(=O)C(=O)N(CCC[NH+](C)C)[C@@H]1c1ccccc1. The normalized spacial score (nSPS) is 18.5. The van der Waals surface area contributed by atoms with Gasteiger partial charge in [0.25, 0.3) is 11.7 Å². The minimum atomic E-state index is -0.658. The fraction of sp³-hybridized carbons (Fsp3) is 0.292. The lowest BCUT2D eigenvalue weighted by Gasteiger charge is -2.25. The molecule has 0 radical (unpaired) electrons. The molecule has 1 aromatic carbocycles. The van der Waals surface area contributed by atoms with E-state index < -0.39 is 17.7 Å². The molecule has 7 heteroatoms. The van der Waals surface area contributed by atoms with Crippen molar-refractivity contribution >= 4 is 23.1 Å². The summed E-state index contributed by atoms with van der Waals surface area (Å²) in [6.07, 6.45) is 2.55. The van der Waals surface area contributed by atoms with Gasteiger partial charge < -0.3 is 14.9 Å². The van der Waals surface area contributed by atoms with Gasteiger partial charge in [-0.25, -0.2) is 4.98 Å². The number of aliphatic hydroxyl groups is 1. The summed E-state index contributed by atoms with van der Waals surface area (Å²) in [5, 5.41) is 11.4. The zero-order valence-electron chi connectivity index (χ0n) is 18.0. The van der Waals surface area contributed by atoms with Gasteiger partial charge in [-0.05, 0) is 24.6 Å². The smallest absolute Gasteiger partial charge is 0.295 e. The number of likely N-dealkylation sites (tertiary alicyclic amines) is 1. The summed E-state index contributed by atoms with van der Waals surface area (Å²) in [4.78, 5) is 33.5. The van der Waals surface area contributed by atoms with Crippen molar-refractivity contribution in [1.29, 1.82) is 0 Å². The number of pyridine rings is 1. The second kappa shape index (κ2) is 8.35. The number of hydrogen-bond acceptors (Lipinski definition) is 4. The highest BCUT2D eigenvalue weighted by atomic mass is 16.3. The number of carbonyl (C=O) groups excluding carboxylic acids is 2. The van der Waals surface area contributed by atoms with Crippen molar-refractivity contribution in [3.8, 4) is 0 Å². The molecular formula is C24H27N4O3+. The summed E-state index contributed by atoms with van der Waals surface area (Å²) < 4.78 is 1.75. The van der Waals surface area contributed by atoms with Gasteiger partial charge in [0.15, 0.2) is 5.76 Å². The topological polar surface area (TPSA) is 79.3 Å². The molecule has 0 bridgehead atoms. The number of amides is 1. The molecule has 4 rings (SSSR count). The molecule has 1 atom stereocenters. The van der Waals surface area contributed by atoms with Gasteiger partial charge in [0.2, 0.25) is 0 Å². The molecular weight excluding hydrogens is 392 g/mol. The third kappa shape index (κ3) is 3.72. The average Bonchev–Trinajstić information content (AvgIpc) is 3.22. The molecule has 2 N–H and O–H groups in total. The summed E-state index contributed by atoms with van der Waals surface area (Å²) in [7, 11) is 4.10. The van der Waals surface area contributed by atoms with Crippen LogP contribution >= 0.6 is 0 Å². The van der Waals surface area contributed by atoms with Crippen molar-refractivity contribution in [2.24, 2.45) is 0 Å². The summed E-state index contributed by atoms with van der Waals surface area (Å²) >= 11 is 0. The Morgan fingerprint density at radius 1 is 1.10 bits per heavy atom. The Kier molecular flexibility index (Phi) is 5.61. The summed E-state index contributed by atoms with van der Waals surface area (Å²) in [5.74, 6) is -1.42. The fourth-order valence-corrected chi connectivity index (χ4v) is 4.22. The van der Waals surface area contributed by atoms with Crippen LogP contribution in [0.2, 0.25) is 0 Å². The highest BCUT2D eigenvalue weighted by Crippen LogP contribution is 2.39. The second-order valence-corrected chi connectivity index (χ2v) is 8.19. The molecule has 160 valence electrons. The summed E-state index contributed by atoms with van der Waals surface area (Å²) in [6, 6.07) is 14.3. The van der Waals surface area contributed by atoms with E-state index in [0.29, 0.717) is 23.6 Å². The van der Waals surface area contributed by atoms with Crippen molar-refractivity contribution in [3.05, 3.63) is 77.3 Å². The number of aromatic nitrogens is 2. The van der Waals surface area contributed by atoms with Crippen LogP contribution in [0.5, 0.6) is 0 Å². The minimum absolute atomic E-state index is 0.113. The molecule has 7 nitrogen and oxygen atoms in total. The first-order valence-electron chi connectivity index (χ1n) is 10.5. The number of benzene rings is 1. The number of rotatable bonds is 6. The Morgan fingerprint density at radius 2 is 1.81 bits per heavy atom. The highest BCUT2D eigenvalue weighted by molar-refractivity contribution is 6.46. The van der Waals surface area contributed by atoms with Gasteiger partial charge in [0.1, 0.15) is 11.3 Å². The number of fused-ring (bicyclic) bond motifs is 1. The molecule has 1 aliphatic rings. The van der Waals surface area contributed by atoms with Gasteiger partial charge >= 0.3 is 0 Å². The zero-order valence-corrected chi connectivity index (χ0v) is 18.0. The predicted molar refractivity (Wildman–Crippen MR) is 118 cm³/mol. The maximum absolute atomic E-state index is 13.1. The van der Waals surface area contributed by atoms with Crippen molar-refractivity contribution in [2.45, 2.75) is 19.4 Å². The number of hydrogen-bond donors (Lipinski definition) is 2. The van der Waals surface area contributed by atoms with E-state index in [2.05, 4.69) is 19.1 Å². The molecule has 0 unspecified atom stereocenters. The van der Waals surface area contributed by atoms with Crippen LogP contribution in [0.1, 0.15) is 29.4 Å². The zero-order chi connectivity index (χ0) is 22.1. The summed E-state index contributed by atoms with van der Waals surface area (Å²) in [6.45, 7) is 3.10. The van der Waals surface area contributed by atoms with Gasteiger partial charge in [-0.15, -0.1) is 0 Å². The van der Waals surface area contributed by atoms with Crippen molar-refractivity contribution in [1.82, 2.24) is 14.3 Å². The number of Topliss-reactive ketones (excluding diaryl/α,β-unsaturated/α-hetero) is 1. The number of nitrogens with zero attached hydrogens (tertiary/aromatic N) is 3. The molecule has 2 aromatic heterocycles. The average molecular weight is 420 g/mol. The number of carbonyl (C=O) groups is 2. The Balaban J connectivity index is 1.86. The molecule has 31 heavy (non-hydrogen) atoms. The van der Waals surface area contributed by atoms with Crippen LogP contribution in [-0.2, 0) is 9.59 Å². The van der Waals surface area contributed by atoms with E-state index in [-0.39, 0.29) is 11.3 Å². The van der Waals surface area contributed by atoms with E-state index in [1.54, 1.807) is 22.4 Å². The Morgan fingerprint density at radius 3 is 2.52 bits per heavy atom. The van der Waals surface area contributed by atoms with Crippen LogP contribution in [0.3, 0.4) is 0 Å². The van der Waals surface area contributed by atoms with E-state index in [9.17, 15) is 14.7 Å². The van der Waals surface area contributed by atoms with Gasteiger partial charge in [0.05, 0.1) is 37.9 Å². The molecule has 0 aliphatic carbocycles. The van der Waals surface area contributed by atoms with Crippen LogP contribution in [0.4, 0.5) is 0 Å². The number of aryl methyl sites for hydroxylation is 1. The Hall–Kier alpha value is -3.45. The molecule has 3 heterocycles. The van der Waals surface area contributed by atoms with E-state index in [4.69, 9.17) is 0 Å². The van der Waals surface area contributed by atoms with E-state index in [1.165, 1.54) is 4.90 Å². The van der Waals surface area contributed by atoms with Gasteiger partial charge in [-0.3, -0.25) is 14.0 Å². The second-order valence-electron chi connectivity index (χ2n) is 8.19. The van der Waals surface area contributed by atoms with E-state index in [0.717, 1.165) is 18.5 Å². The number of nitrogens with one attached hydrogen (secondary N) is 1. The number of imidazole rings is 1. The van der Waals surface area contributed by atoms with Crippen LogP contribution in [0.15, 0.2) is 60.3 Å². The van der Waals surface area contributed by atoms with Gasteiger partial charge in [-0.1, -0.05) is 36.4 Å². The quantitative estimate of drug-likeness (QED) is 0.361. The minimum Gasteiger partial charge on any atom is -0.505 e. The fourth-order valence-electron chi connectivity index (χ4n) is 4.22. The van der Waals surface area contributed by atoms with Crippen molar-refractivity contribution in [2.75, 3.05) is 27.2 Å². The van der Waals surface area contributed by atoms with E-state index >= 15 is 0 Å². The van der Waals surface area contributed by atoms with Gasteiger partial charge in [-0.2, -0.15) is 0 Å². The maximum atomic E-state index is 13.1. The molecule has 1 amide bonds. The predicted octanol–water partition coefficient (Wildman–Crippen LogP) is 1.60. The molecule has 1 fully saturated rings. The molecule has 0 spiro atoms. The Labute approximate surface area is 181 Å². The lowest BCUT2D eigenvalue weighted by Crippen LogP contribution is -3.05. The standard InChI is InChI=1S/C24H26N4O3/c1-16-20(27-14-8-7-12-18(27)25-16)22(29)19-21(17-10-5-4-6-11-17)28(24(31)23(19)30)15-9-13-26(2)3/h4-8,10-12,14,21,29H,9,13,15H2,1-3H3/p+1/t21-/m1/s1. The Bertz CT molecular complexity index is 1160. The number of quaternary nitrogens is 1. The number of aliphatic hydroxyl groups excluding tert-OH is 1. The van der Waals surface area contributed by atoms with Crippen LogP contribution in [-0.4, -0.2) is 58.3 Å². The van der Waals surface area contributed by atoms with Crippen molar-refractivity contribution < 1.29 is 19.6 Å². The first kappa shape index (κ1) is 20.8. The first-order valence-corrected chi connectivity index (χ1v) is 10.5. The lowest BCUT2D eigenvalue weighted by atomic mass is 9.96. The first-order chi connectivity index (χ1) is 14.9. The highest BCUT2D eigenvalue weighted by Gasteiger charge is 2.46. The molecule has 1 saturated heterocycles. The lowest BCUT2D eigenvalue weighted by molar-refractivity contribution is -0.858. The maximum Gasteiger partial charge on any atom is 0.295 e. The third-order valence-electron chi connectivity index (χ3n) is 5.66. The monoisotopic (exact) mass is 419 g/mol. The third-order valence-corrected chi connectivity index (χ3v) is 5.66. The molecule has 1 aliphatic heterocycles. The van der Waals surface area contributed by atoms with Gasteiger partial charge in [0, 0.05) is 19.2 Å². The van der Waals surface area contributed by atoms with Crippen LogP contribution in [0, 0.1) is 6.92 Å². The van der Waals surface area contributed by atoms with Crippen LogP contribution in [0.25, 0.3) is 11.4 Å². The largest absolute Gasteiger partial charge is 0.505 e. The van der Waals surface area contributed by atoms with E-state index in [1.807, 2.05) is 48.5 Å². The van der Waals surface area contributed by atoms with Crippen LogP contribution < -0.4 is 4.90 Å². The van der Waals surface area contributed by atoms with Crippen molar-refractivity contribution in [3.63, 3.8) is 0 Å². The number of ketones is 1.